The Morgan fingerprint density at radius 2 is 1.91 bits per heavy atom. The third kappa shape index (κ3) is 4.95. The van der Waals surface area contributed by atoms with Crippen molar-refractivity contribution in [2.24, 2.45) is 0 Å². The Morgan fingerprint density at radius 1 is 1.12 bits per heavy atom. The summed E-state index contributed by atoms with van der Waals surface area (Å²) >= 11 is 0. The van der Waals surface area contributed by atoms with Gasteiger partial charge in [-0.25, -0.2) is 15.0 Å². The lowest BCUT2D eigenvalue weighted by molar-refractivity contribution is -0.141. The minimum atomic E-state index is -4.53. The third-order valence-electron chi connectivity index (χ3n) is 5.65. The largest absolute Gasteiger partial charge is 0.493 e. The summed E-state index contributed by atoms with van der Waals surface area (Å²) in [6, 6.07) is 6.69. The molecule has 1 aliphatic carbocycles. The summed E-state index contributed by atoms with van der Waals surface area (Å²) in [5.41, 5.74) is -0.133. The van der Waals surface area contributed by atoms with Crippen molar-refractivity contribution in [1.82, 2.24) is 15.0 Å². The molecule has 4 rings (SSSR count). The Morgan fingerprint density at radius 3 is 2.58 bits per heavy atom. The molecule has 2 N–H and O–H groups in total. The van der Waals surface area contributed by atoms with Gasteiger partial charge in [-0.15, -0.1) is 0 Å². The molecule has 1 fully saturated rings. The van der Waals surface area contributed by atoms with Crippen LogP contribution in [0.5, 0.6) is 11.5 Å². The summed E-state index contributed by atoms with van der Waals surface area (Å²) in [4.78, 5) is 12.7. The SMILES string of the molecule is COc1cc2nc(C)nc(N[C@H](C)c3cccc(C(F)(F)F)n3)c2cc1OC1CCCC1O. The average molecular weight is 462 g/mol. The normalized spacial score (nSPS) is 19.5. The molecule has 3 aromatic rings. The van der Waals surface area contributed by atoms with Gasteiger partial charge in [-0.2, -0.15) is 13.2 Å². The standard InChI is InChI=1S/C23H25F3N4O3/c1-12(15-6-4-9-21(30-15)23(24,25)26)27-22-14-10-20(33-18-8-5-7-17(18)31)19(32-3)11-16(14)28-13(2)29-22/h4,6,9-12,17-18,31H,5,7-8H2,1-3H3,(H,27,28,29)/t12-,17?,18?/m1/s1. The van der Waals surface area contributed by atoms with Gasteiger partial charge in [-0.1, -0.05) is 6.07 Å². The van der Waals surface area contributed by atoms with Crippen LogP contribution in [0.1, 0.15) is 49.4 Å². The highest BCUT2D eigenvalue weighted by Gasteiger charge is 2.33. The van der Waals surface area contributed by atoms with Crippen LogP contribution < -0.4 is 14.8 Å². The maximum absolute atomic E-state index is 13.1. The van der Waals surface area contributed by atoms with E-state index in [1.54, 1.807) is 26.0 Å². The molecule has 0 radical (unpaired) electrons. The highest BCUT2D eigenvalue weighted by atomic mass is 19.4. The Labute approximate surface area is 189 Å². The van der Waals surface area contributed by atoms with Crippen molar-refractivity contribution in [3.8, 4) is 11.5 Å². The van der Waals surface area contributed by atoms with Gasteiger partial charge in [-0.05, 0) is 51.3 Å². The fraction of sp³-hybridized carbons (Fsp3) is 0.435. The number of nitrogens with zero attached hydrogens (tertiary/aromatic N) is 3. The molecule has 3 atom stereocenters. The zero-order valence-corrected chi connectivity index (χ0v) is 18.5. The number of pyridine rings is 1. The molecular weight excluding hydrogens is 437 g/mol. The molecule has 1 aromatic carbocycles. The van der Waals surface area contributed by atoms with Crippen LogP contribution in [-0.2, 0) is 6.18 Å². The van der Waals surface area contributed by atoms with Gasteiger partial charge in [0.2, 0.25) is 0 Å². The first kappa shape index (κ1) is 23.0. The number of alkyl halides is 3. The lowest BCUT2D eigenvalue weighted by Gasteiger charge is -2.21. The van der Waals surface area contributed by atoms with Crippen LogP contribution in [0.3, 0.4) is 0 Å². The number of fused-ring (bicyclic) bond motifs is 1. The van der Waals surface area contributed by atoms with E-state index in [1.807, 2.05) is 0 Å². The van der Waals surface area contributed by atoms with E-state index in [0.29, 0.717) is 40.5 Å². The molecule has 1 saturated carbocycles. The molecule has 2 aromatic heterocycles. The van der Waals surface area contributed by atoms with Crippen LogP contribution in [0.25, 0.3) is 10.9 Å². The third-order valence-corrected chi connectivity index (χ3v) is 5.65. The van der Waals surface area contributed by atoms with E-state index >= 15 is 0 Å². The van der Waals surface area contributed by atoms with Gasteiger partial charge in [0, 0.05) is 11.5 Å². The quantitative estimate of drug-likeness (QED) is 0.543. The minimum absolute atomic E-state index is 0.230. The van der Waals surface area contributed by atoms with Gasteiger partial charge in [-0.3, -0.25) is 0 Å². The minimum Gasteiger partial charge on any atom is -0.493 e. The maximum atomic E-state index is 13.1. The molecule has 0 spiro atoms. The molecule has 1 aliphatic rings. The van der Waals surface area contributed by atoms with E-state index in [9.17, 15) is 18.3 Å². The molecular formula is C23H25F3N4O3. The first-order chi connectivity index (χ1) is 15.7. The Bertz CT molecular complexity index is 1160. The Kier molecular flexibility index (Phi) is 6.29. The van der Waals surface area contributed by atoms with Crippen molar-refractivity contribution in [2.45, 2.75) is 57.5 Å². The number of aromatic nitrogens is 3. The number of aliphatic hydroxyl groups excluding tert-OH is 1. The fourth-order valence-electron chi connectivity index (χ4n) is 3.95. The second-order valence-electron chi connectivity index (χ2n) is 8.11. The number of halogens is 3. The first-order valence-corrected chi connectivity index (χ1v) is 10.7. The molecule has 2 unspecified atom stereocenters. The molecule has 0 saturated heterocycles. The van der Waals surface area contributed by atoms with Crippen LogP contribution in [0.4, 0.5) is 19.0 Å². The van der Waals surface area contributed by atoms with Crippen molar-refractivity contribution in [3.05, 3.63) is 47.5 Å². The lowest BCUT2D eigenvalue weighted by atomic mass is 10.1. The van der Waals surface area contributed by atoms with E-state index in [4.69, 9.17) is 9.47 Å². The molecule has 0 bridgehead atoms. The predicted molar refractivity (Wildman–Crippen MR) is 116 cm³/mol. The Hall–Kier alpha value is -3.14. The van der Waals surface area contributed by atoms with Gasteiger partial charge in [0.15, 0.2) is 11.5 Å². The van der Waals surface area contributed by atoms with Crippen LogP contribution in [0.15, 0.2) is 30.3 Å². The molecule has 0 aliphatic heterocycles. The Balaban J connectivity index is 1.70. The van der Waals surface area contributed by atoms with E-state index in [0.717, 1.165) is 18.9 Å². The molecule has 2 heterocycles. The van der Waals surface area contributed by atoms with Crippen molar-refractivity contribution < 1.29 is 27.8 Å². The second kappa shape index (κ2) is 9.01. The summed E-state index contributed by atoms with van der Waals surface area (Å²) in [6.45, 7) is 3.44. The van der Waals surface area contributed by atoms with Gasteiger partial charge in [0.25, 0.3) is 0 Å². The van der Waals surface area contributed by atoms with Crippen molar-refractivity contribution in [2.75, 3.05) is 12.4 Å². The smallest absolute Gasteiger partial charge is 0.433 e. The van der Waals surface area contributed by atoms with E-state index in [2.05, 4.69) is 20.3 Å². The van der Waals surface area contributed by atoms with Crippen LogP contribution >= 0.6 is 0 Å². The average Bonchev–Trinajstić information content (AvgIpc) is 3.17. The highest BCUT2D eigenvalue weighted by Crippen LogP contribution is 2.37. The van der Waals surface area contributed by atoms with Gasteiger partial charge in [0.1, 0.15) is 23.4 Å². The van der Waals surface area contributed by atoms with Gasteiger partial charge < -0.3 is 19.9 Å². The van der Waals surface area contributed by atoms with Crippen LogP contribution in [0, 0.1) is 6.92 Å². The summed E-state index contributed by atoms with van der Waals surface area (Å²) in [5.74, 6) is 1.83. The highest BCUT2D eigenvalue weighted by molar-refractivity contribution is 5.92. The van der Waals surface area contributed by atoms with E-state index in [-0.39, 0.29) is 11.8 Å². The molecule has 33 heavy (non-hydrogen) atoms. The zero-order chi connectivity index (χ0) is 23.8. The van der Waals surface area contributed by atoms with Crippen molar-refractivity contribution in [3.63, 3.8) is 0 Å². The summed E-state index contributed by atoms with van der Waals surface area (Å²) in [5, 5.41) is 13.9. The first-order valence-electron chi connectivity index (χ1n) is 10.7. The molecule has 0 amide bonds. The monoisotopic (exact) mass is 462 g/mol. The summed E-state index contributed by atoms with van der Waals surface area (Å²) < 4.78 is 50.8. The molecule has 10 heteroatoms. The number of benzene rings is 1. The number of methoxy groups -OCH3 is 1. The molecule has 176 valence electrons. The van der Waals surface area contributed by atoms with E-state index in [1.165, 1.54) is 19.2 Å². The van der Waals surface area contributed by atoms with Crippen LogP contribution in [-0.4, -0.2) is 39.4 Å². The second-order valence-corrected chi connectivity index (χ2v) is 8.11. The number of nitrogens with one attached hydrogen (secondary N) is 1. The van der Waals surface area contributed by atoms with Crippen molar-refractivity contribution in [1.29, 1.82) is 0 Å². The summed E-state index contributed by atoms with van der Waals surface area (Å²) in [6.07, 6.45) is -3.13. The number of hydrogen-bond donors (Lipinski definition) is 2. The maximum Gasteiger partial charge on any atom is 0.433 e. The van der Waals surface area contributed by atoms with Crippen LogP contribution in [0.2, 0.25) is 0 Å². The van der Waals surface area contributed by atoms with Gasteiger partial charge >= 0.3 is 6.18 Å². The number of aryl methyl sites for hydroxylation is 1. The summed E-state index contributed by atoms with van der Waals surface area (Å²) in [7, 11) is 1.52. The van der Waals surface area contributed by atoms with Gasteiger partial charge in [0.05, 0.1) is 30.5 Å². The predicted octanol–water partition coefficient (Wildman–Crippen LogP) is 4.83. The lowest BCUT2D eigenvalue weighted by Crippen LogP contribution is -2.25. The number of rotatable bonds is 6. The topological polar surface area (TPSA) is 89.4 Å². The van der Waals surface area contributed by atoms with E-state index < -0.39 is 24.0 Å². The number of hydrogen-bond acceptors (Lipinski definition) is 7. The van der Waals surface area contributed by atoms with Crippen molar-refractivity contribution >= 4 is 16.7 Å². The number of ether oxygens (including phenoxy) is 2. The number of anilines is 1. The molecule has 7 nitrogen and oxygen atoms in total. The fourth-order valence-corrected chi connectivity index (χ4v) is 3.95. The number of aliphatic hydroxyl groups is 1. The zero-order valence-electron chi connectivity index (χ0n) is 18.5.